The van der Waals surface area contributed by atoms with Crippen LogP contribution in [0.4, 0.5) is 10.1 Å². The van der Waals surface area contributed by atoms with E-state index in [0.29, 0.717) is 18.5 Å². The number of piperidine rings is 1. The van der Waals surface area contributed by atoms with E-state index in [9.17, 15) is 9.18 Å². The SMILES string of the molecule is O=C(Nc1ccc(Cl)c(F)c1)C1(n2cccn2)CCNCC1. The van der Waals surface area contributed by atoms with Crippen molar-refractivity contribution in [2.75, 3.05) is 18.4 Å². The highest BCUT2D eigenvalue weighted by atomic mass is 35.5. The lowest BCUT2D eigenvalue weighted by Crippen LogP contribution is -2.52. The standard InChI is InChI=1S/C15H16ClFN4O/c16-12-3-2-11(10-13(12)17)20-14(22)15(4-7-18-8-5-15)21-9-1-6-19-21/h1-3,6,9-10,18H,4-5,7-8H2,(H,20,22). The van der Waals surface area contributed by atoms with Crippen molar-refractivity contribution in [3.8, 4) is 0 Å². The van der Waals surface area contributed by atoms with Crippen LogP contribution in [0.15, 0.2) is 36.7 Å². The van der Waals surface area contributed by atoms with E-state index in [1.54, 1.807) is 29.2 Å². The van der Waals surface area contributed by atoms with Crippen LogP contribution in [0.25, 0.3) is 0 Å². The summed E-state index contributed by atoms with van der Waals surface area (Å²) in [6.45, 7) is 1.45. The van der Waals surface area contributed by atoms with Crippen LogP contribution in [-0.2, 0) is 10.3 Å². The van der Waals surface area contributed by atoms with Gasteiger partial charge >= 0.3 is 0 Å². The first-order valence-electron chi connectivity index (χ1n) is 7.09. The lowest BCUT2D eigenvalue weighted by Gasteiger charge is -2.36. The van der Waals surface area contributed by atoms with Crippen LogP contribution in [-0.4, -0.2) is 28.8 Å². The van der Waals surface area contributed by atoms with Crippen molar-refractivity contribution in [2.24, 2.45) is 0 Å². The van der Waals surface area contributed by atoms with Gasteiger partial charge in [0.05, 0.1) is 5.02 Å². The van der Waals surface area contributed by atoms with E-state index in [2.05, 4.69) is 15.7 Å². The molecule has 0 atom stereocenters. The molecule has 0 unspecified atom stereocenters. The Morgan fingerprint density at radius 1 is 1.41 bits per heavy atom. The number of carbonyl (C=O) groups excluding carboxylic acids is 1. The molecule has 1 fully saturated rings. The van der Waals surface area contributed by atoms with Crippen molar-refractivity contribution in [1.82, 2.24) is 15.1 Å². The first kappa shape index (κ1) is 15.0. The van der Waals surface area contributed by atoms with Crippen LogP contribution in [0.5, 0.6) is 0 Å². The number of aromatic nitrogens is 2. The van der Waals surface area contributed by atoms with Gasteiger partial charge in [-0.05, 0) is 50.2 Å². The summed E-state index contributed by atoms with van der Waals surface area (Å²) >= 11 is 5.66. The highest BCUT2D eigenvalue weighted by molar-refractivity contribution is 6.30. The van der Waals surface area contributed by atoms with Gasteiger partial charge in [0.1, 0.15) is 11.4 Å². The van der Waals surface area contributed by atoms with Crippen LogP contribution in [0.2, 0.25) is 5.02 Å². The second-order valence-electron chi connectivity index (χ2n) is 5.32. The van der Waals surface area contributed by atoms with E-state index in [0.717, 1.165) is 13.1 Å². The number of hydrogen-bond acceptors (Lipinski definition) is 3. The fourth-order valence-corrected chi connectivity index (χ4v) is 2.86. The molecular weight excluding hydrogens is 307 g/mol. The molecule has 3 rings (SSSR count). The number of hydrogen-bond donors (Lipinski definition) is 2. The van der Waals surface area contributed by atoms with Gasteiger partial charge in [0.25, 0.3) is 5.91 Å². The van der Waals surface area contributed by atoms with Crippen molar-refractivity contribution in [3.63, 3.8) is 0 Å². The highest BCUT2D eigenvalue weighted by Crippen LogP contribution is 2.29. The van der Waals surface area contributed by atoms with Crippen LogP contribution in [0, 0.1) is 5.82 Å². The van der Waals surface area contributed by atoms with Gasteiger partial charge in [-0.1, -0.05) is 11.6 Å². The van der Waals surface area contributed by atoms with Gasteiger partial charge in [-0.2, -0.15) is 5.10 Å². The normalized spacial score (nSPS) is 17.2. The van der Waals surface area contributed by atoms with Crippen LogP contribution >= 0.6 is 11.6 Å². The molecule has 2 aromatic rings. The summed E-state index contributed by atoms with van der Waals surface area (Å²) in [7, 11) is 0. The Labute approximate surface area is 132 Å². The molecular formula is C15H16ClFN4O. The van der Waals surface area contributed by atoms with E-state index < -0.39 is 11.4 Å². The fraction of sp³-hybridized carbons (Fsp3) is 0.333. The molecule has 1 amide bonds. The van der Waals surface area contributed by atoms with E-state index in [-0.39, 0.29) is 10.9 Å². The maximum atomic E-state index is 13.5. The van der Waals surface area contributed by atoms with Gasteiger partial charge in [-0.25, -0.2) is 4.39 Å². The average molecular weight is 323 g/mol. The summed E-state index contributed by atoms with van der Waals surface area (Å²) in [5.41, 5.74) is -0.373. The summed E-state index contributed by atoms with van der Waals surface area (Å²) < 4.78 is 15.2. The average Bonchev–Trinajstić information content (AvgIpc) is 3.06. The summed E-state index contributed by atoms with van der Waals surface area (Å²) in [5.74, 6) is -0.752. The Kier molecular flexibility index (Phi) is 4.13. The minimum atomic E-state index is -0.759. The Hall–Kier alpha value is -1.92. The van der Waals surface area contributed by atoms with Crippen molar-refractivity contribution in [1.29, 1.82) is 0 Å². The zero-order valence-electron chi connectivity index (χ0n) is 11.9. The number of anilines is 1. The van der Waals surface area contributed by atoms with E-state index in [4.69, 9.17) is 11.6 Å². The minimum absolute atomic E-state index is 0.0293. The monoisotopic (exact) mass is 322 g/mol. The number of benzene rings is 1. The first-order valence-corrected chi connectivity index (χ1v) is 7.47. The molecule has 0 bridgehead atoms. The van der Waals surface area contributed by atoms with Crippen molar-refractivity contribution in [3.05, 3.63) is 47.5 Å². The van der Waals surface area contributed by atoms with E-state index >= 15 is 0 Å². The number of halogens is 2. The van der Waals surface area contributed by atoms with Crippen molar-refractivity contribution >= 4 is 23.2 Å². The third-order valence-electron chi connectivity index (χ3n) is 3.97. The third-order valence-corrected chi connectivity index (χ3v) is 4.28. The lowest BCUT2D eigenvalue weighted by atomic mass is 9.87. The largest absolute Gasteiger partial charge is 0.324 e. The predicted octanol–water partition coefficient (Wildman–Crippen LogP) is 2.39. The number of carbonyl (C=O) groups is 1. The third kappa shape index (κ3) is 2.71. The maximum Gasteiger partial charge on any atom is 0.252 e. The molecule has 2 heterocycles. The highest BCUT2D eigenvalue weighted by Gasteiger charge is 2.42. The topological polar surface area (TPSA) is 59.0 Å². The van der Waals surface area contributed by atoms with E-state index in [1.165, 1.54) is 12.1 Å². The fourth-order valence-electron chi connectivity index (χ4n) is 2.74. The van der Waals surface area contributed by atoms with Crippen molar-refractivity contribution < 1.29 is 9.18 Å². The summed E-state index contributed by atoms with van der Waals surface area (Å²) in [5, 5.41) is 10.3. The van der Waals surface area contributed by atoms with Gasteiger partial charge in [0.15, 0.2) is 0 Å². The van der Waals surface area contributed by atoms with E-state index in [1.807, 2.05) is 0 Å². The zero-order chi connectivity index (χ0) is 15.6. The van der Waals surface area contributed by atoms with Gasteiger partial charge in [-0.15, -0.1) is 0 Å². The molecule has 0 radical (unpaired) electrons. The second kappa shape index (κ2) is 6.06. The Bertz CT molecular complexity index is 668. The molecule has 2 N–H and O–H groups in total. The number of amides is 1. The second-order valence-corrected chi connectivity index (χ2v) is 5.72. The number of nitrogens with zero attached hydrogens (tertiary/aromatic N) is 2. The molecule has 1 aliphatic heterocycles. The first-order chi connectivity index (χ1) is 10.6. The maximum absolute atomic E-state index is 13.5. The molecule has 0 spiro atoms. The Morgan fingerprint density at radius 2 is 2.18 bits per heavy atom. The molecule has 22 heavy (non-hydrogen) atoms. The Morgan fingerprint density at radius 3 is 2.82 bits per heavy atom. The molecule has 7 heteroatoms. The number of rotatable bonds is 3. The smallest absolute Gasteiger partial charge is 0.252 e. The van der Waals surface area contributed by atoms with Gasteiger partial charge < -0.3 is 10.6 Å². The minimum Gasteiger partial charge on any atom is -0.324 e. The van der Waals surface area contributed by atoms with Crippen LogP contribution in [0.1, 0.15) is 12.8 Å². The molecule has 1 saturated heterocycles. The summed E-state index contributed by atoms with van der Waals surface area (Å²) in [4.78, 5) is 12.8. The van der Waals surface area contributed by atoms with Crippen LogP contribution in [0.3, 0.4) is 0 Å². The summed E-state index contributed by atoms with van der Waals surface area (Å²) in [6.07, 6.45) is 4.68. The van der Waals surface area contributed by atoms with Crippen LogP contribution < -0.4 is 10.6 Å². The Balaban J connectivity index is 1.88. The molecule has 1 aliphatic rings. The molecule has 1 aromatic heterocycles. The quantitative estimate of drug-likeness (QED) is 0.912. The zero-order valence-corrected chi connectivity index (χ0v) is 12.6. The van der Waals surface area contributed by atoms with Gasteiger partial charge in [0.2, 0.25) is 0 Å². The lowest BCUT2D eigenvalue weighted by molar-refractivity contribution is -0.126. The summed E-state index contributed by atoms with van der Waals surface area (Å²) in [6, 6.07) is 6.02. The molecule has 5 nitrogen and oxygen atoms in total. The number of nitrogens with one attached hydrogen (secondary N) is 2. The molecule has 0 saturated carbocycles. The molecule has 1 aromatic carbocycles. The molecule has 0 aliphatic carbocycles. The van der Waals surface area contributed by atoms with Gasteiger partial charge in [-0.3, -0.25) is 9.48 Å². The molecule has 116 valence electrons. The predicted molar refractivity (Wildman–Crippen MR) is 82.3 cm³/mol. The van der Waals surface area contributed by atoms with Crippen molar-refractivity contribution in [2.45, 2.75) is 18.4 Å². The van der Waals surface area contributed by atoms with Gasteiger partial charge in [0, 0.05) is 18.1 Å².